The predicted molar refractivity (Wildman–Crippen MR) is 355 cm³/mol. The highest BCUT2D eigenvalue weighted by molar-refractivity contribution is 7.90. The summed E-state index contributed by atoms with van der Waals surface area (Å²) in [5.41, 5.74) is 5.75. The van der Waals surface area contributed by atoms with Crippen LogP contribution in [0.15, 0.2) is 98.8 Å². The van der Waals surface area contributed by atoms with Crippen molar-refractivity contribution in [3.8, 4) is 28.5 Å². The normalized spacial score (nSPS) is 13.1. The maximum atomic E-state index is 13.5. The van der Waals surface area contributed by atoms with Crippen molar-refractivity contribution >= 4 is 84.9 Å². The molecule has 25 heteroatoms. The lowest BCUT2D eigenvalue weighted by molar-refractivity contribution is -0.151. The summed E-state index contributed by atoms with van der Waals surface area (Å²) in [5, 5.41) is 17.3. The first-order valence-electron chi connectivity index (χ1n) is 30.3. The molecule has 0 radical (unpaired) electrons. The smallest absolute Gasteiger partial charge is 0.344 e. The van der Waals surface area contributed by atoms with Crippen LogP contribution in [0.2, 0.25) is 15.1 Å². The summed E-state index contributed by atoms with van der Waals surface area (Å²) in [4.78, 5) is 82.6. The number of hydrogen-bond donors (Lipinski definition) is 2. The van der Waals surface area contributed by atoms with Gasteiger partial charge in [0, 0.05) is 60.1 Å². The SMILES string of the molecule is CCCCCC(C)OC(=O)COc1ccc(Cl)c2cccnc12.CCc1cc(C)cc(CC)c1-c1c(OC(=O)C(C)(C)C)n2n(c1=O)CCOCC2.Cc1c(C(=O)c2c[nH]n(C)c2=O)ccc(S(C)(=O)=O)c1C1=NOCC1.O=C(O)CCCOc1ccc(Cl)cc1Cl. The van der Waals surface area contributed by atoms with Crippen LogP contribution in [-0.4, -0.2) is 112 Å². The summed E-state index contributed by atoms with van der Waals surface area (Å²) in [6.45, 7) is 19.8. The van der Waals surface area contributed by atoms with Crippen LogP contribution < -0.4 is 25.3 Å². The summed E-state index contributed by atoms with van der Waals surface area (Å²) in [5.74, 6) is -0.636. The molecule has 0 amide bonds. The lowest BCUT2D eigenvalue weighted by Gasteiger charge is -2.19. The van der Waals surface area contributed by atoms with Crippen molar-refractivity contribution < 1.29 is 61.2 Å². The van der Waals surface area contributed by atoms with E-state index in [0.717, 1.165) is 66.9 Å². The number of benzene rings is 4. The number of ketones is 1. The number of pyridine rings is 1. The third-order valence-corrected chi connectivity index (χ3v) is 16.7. The average Bonchev–Trinajstić information content (AvgIpc) is 1.55. The monoisotopic (exact) mass is 1350 g/mol. The van der Waals surface area contributed by atoms with Crippen LogP contribution in [0.1, 0.15) is 137 Å². The molecule has 496 valence electrons. The third-order valence-electron chi connectivity index (χ3n) is 14.7. The van der Waals surface area contributed by atoms with Gasteiger partial charge in [-0.05, 0) is 150 Å². The van der Waals surface area contributed by atoms with Crippen LogP contribution >= 0.6 is 34.8 Å². The molecule has 0 spiro atoms. The molecular formula is C67H81Cl3N6O15S. The van der Waals surface area contributed by atoms with Gasteiger partial charge in [-0.1, -0.05) is 91.3 Å². The number of rotatable bonds is 21. The number of aromatic amines is 1. The second kappa shape index (κ2) is 33.7. The number of carbonyl (C=O) groups is 4. The Kier molecular flexibility index (Phi) is 26.9. The number of carboxylic acids is 1. The van der Waals surface area contributed by atoms with Gasteiger partial charge in [0.2, 0.25) is 5.88 Å². The maximum Gasteiger partial charge on any atom is 0.344 e. The van der Waals surface area contributed by atoms with Crippen LogP contribution in [0.3, 0.4) is 0 Å². The van der Waals surface area contributed by atoms with Gasteiger partial charge in [0.1, 0.15) is 34.7 Å². The number of aliphatic carboxylic acids is 1. The van der Waals surface area contributed by atoms with Crippen LogP contribution in [-0.2, 0) is 71.5 Å². The number of aromatic nitrogens is 5. The minimum atomic E-state index is -3.52. The van der Waals surface area contributed by atoms with E-state index in [4.69, 9.17) is 68.4 Å². The lowest BCUT2D eigenvalue weighted by atomic mass is 9.91. The molecule has 0 saturated heterocycles. The Labute approximate surface area is 550 Å². The summed E-state index contributed by atoms with van der Waals surface area (Å²) in [6, 6.07) is 19.1. The molecular weight excluding hydrogens is 1270 g/mol. The van der Waals surface area contributed by atoms with Crippen molar-refractivity contribution in [1.29, 1.82) is 0 Å². The molecule has 92 heavy (non-hydrogen) atoms. The van der Waals surface area contributed by atoms with Gasteiger partial charge in [-0.3, -0.25) is 33.6 Å². The number of H-pyrrole nitrogens is 1. The molecule has 0 saturated carbocycles. The van der Waals surface area contributed by atoms with Crippen LogP contribution in [0, 0.1) is 19.3 Å². The molecule has 9 rings (SSSR count). The molecule has 0 aliphatic carbocycles. The van der Waals surface area contributed by atoms with Crippen molar-refractivity contribution in [2.45, 2.75) is 144 Å². The van der Waals surface area contributed by atoms with E-state index in [2.05, 4.69) is 55.1 Å². The average molecular weight is 1350 g/mol. The van der Waals surface area contributed by atoms with Gasteiger partial charge >= 0.3 is 17.9 Å². The van der Waals surface area contributed by atoms with Gasteiger partial charge in [-0.2, -0.15) is 0 Å². The number of ether oxygens (including phenoxy) is 5. The van der Waals surface area contributed by atoms with Crippen LogP contribution in [0.4, 0.5) is 0 Å². The highest BCUT2D eigenvalue weighted by atomic mass is 35.5. The number of esters is 2. The van der Waals surface area contributed by atoms with Crippen LogP contribution in [0.5, 0.6) is 17.4 Å². The molecule has 2 aliphatic heterocycles. The molecule has 4 aromatic carbocycles. The molecule has 0 bridgehead atoms. The first kappa shape index (κ1) is 73.3. The van der Waals surface area contributed by atoms with Gasteiger partial charge < -0.3 is 38.7 Å². The van der Waals surface area contributed by atoms with Gasteiger partial charge in [0.25, 0.3) is 11.1 Å². The Morgan fingerprint density at radius 3 is 2.09 bits per heavy atom. The first-order valence-corrected chi connectivity index (χ1v) is 33.4. The number of nitrogens with one attached hydrogen (secondary N) is 1. The number of halogens is 3. The van der Waals surface area contributed by atoms with Crippen molar-refractivity contribution in [1.82, 2.24) is 24.1 Å². The second-order valence-corrected chi connectivity index (χ2v) is 26.2. The number of unbranched alkanes of at least 4 members (excludes halogenated alkanes) is 2. The molecule has 3 aromatic heterocycles. The Hall–Kier alpha value is -7.76. The summed E-state index contributed by atoms with van der Waals surface area (Å²) >= 11 is 17.7. The molecule has 21 nitrogen and oxygen atoms in total. The number of carboxylic acid groups (broad SMARTS) is 1. The Bertz CT molecular complexity index is 4030. The number of sulfone groups is 1. The van der Waals surface area contributed by atoms with Crippen LogP contribution in [0.25, 0.3) is 22.0 Å². The fraction of sp³-hybridized carbons (Fsp3) is 0.433. The quantitative estimate of drug-likeness (QED) is 0.0384. The van der Waals surface area contributed by atoms with Crippen molar-refractivity contribution in [2.75, 3.05) is 39.3 Å². The van der Waals surface area contributed by atoms with Crippen molar-refractivity contribution in [2.24, 2.45) is 17.6 Å². The standard InChI is InChI=1S/C23H32N2O4.C18H22ClNO3.C16H17N3O5S.C10H10Cl2O3/c1-7-16-13-15(3)14-17(8-2)18(16)19-20(26)24-9-11-28-12-10-25(24)21(19)29-22(27)23(4,5)6;1-3-4-5-7-13(2)23-17(21)12-22-16-10-9-15(19)14-8-6-11-20-18(14)16;1-9-10(15(20)11-8-17-19(2)16(11)21)4-5-13(25(3,22)23)14(9)12-6-7-24-18-12;11-7-3-4-9(8(12)6-7)15-5-1-2-10(13)14/h13-14H,7-12H2,1-6H3;6,8-11,13H,3-5,7,12H2,1-2H3;4-5,8,17H,6-7H2,1-3H3;3-4,6H,1-2,5H2,(H,13,14). The van der Waals surface area contributed by atoms with E-state index in [0.29, 0.717) is 113 Å². The highest BCUT2D eigenvalue weighted by Gasteiger charge is 2.33. The summed E-state index contributed by atoms with van der Waals surface area (Å²) in [6.07, 6.45) is 10.9. The minimum Gasteiger partial charge on any atom is -0.492 e. The first-order chi connectivity index (χ1) is 43.6. The number of hydrogen-bond acceptors (Lipinski definition) is 16. The van der Waals surface area contributed by atoms with Gasteiger partial charge in [0.05, 0.1) is 65.1 Å². The molecule has 2 N–H and O–H groups in total. The predicted octanol–water partition coefficient (Wildman–Crippen LogP) is 12.5. The van der Waals surface area contributed by atoms with Gasteiger partial charge in [-0.15, -0.1) is 0 Å². The highest BCUT2D eigenvalue weighted by Crippen LogP contribution is 2.37. The van der Waals surface area contributed by atoms with Crippen molar-refractivity contribution in [3.63, 3.8) is 0 Å². The molecule has 7 aromatic rings. The molecule has 2 aliphatic rings. The van der Waals surface area contributed by atoms with E-state index >= 15 is 0 Å². The second-order valence-electron chi connectivity index (χ2n) is 23.0. The zero-order valence-corrected chi connectivity index (χ0v) is 56.9. The third kappa shape index (κ3) is 19.4. The number of fused-ring (bicyclic) bond motifs is 2. The fourth-order valence-corrected chi connectivity index (χ4v) is 11.6. The fourth-order valence-electron chi connectivity index (χ4n) is 10.0. The topological polar surface area (TPSA) is 268 Å². The summed E-state index contributed by atoms with van der Waals surface area (Å²) < 4.78 is 56.6. The zero-order chi connectivity index (χ0) is 67.6. The van der Waals surface area contributed by atoms with E-state index in [9.17, 15) is 37.2 Å². The van der Waals surface area contributed by atoms with E-state index in [1.165, 1.54) is 35.6 Å². The minimum absolute atomic E-state index is 0.00623. The Morgan fingerprint density at radius 1 is 0.804 bits per heavy atom. The lowest BCUT2D eigenvalue weighted by Crippen LogP contribution is -2.27. The Balaban J connectivity index is 0.000000199. The van der Waals surface area contributed by atoms with Gasteiger partial charge in [0.15, 0.2) is 22.2 Å². The molecule has 1 atom stereocenters. The number of aryl methyl sites for hydroxylation is 4. The number of oxime groups is 1. The van der Waals surface area contributed by atoms with E-state index in [-0.39, 0.29) is 52.7 Å². The number of nitrogens with zero attached hydrogens (tertiary/aromatic N) is 5. The zero-order valence-electron chi connectivity index (χ0n) is 53.8. The Morgan fingerprint density at radius 2 is 1.49 bits per heavy atom. The number of carbonyl (C=O) groups excluding carboxylic acids is 3. The summed E-state index contributed by atoms with van der Waals surface area (Å²) in [7, 11) is -2.02. The van der Waals surface area contributed by atoms with E-state index < -0.39 is 32.6 Å². The van der Waals surface area contributed by atoms with E-state index in [1.807, 2.05) is 39.8 Å². The van der Waals surface area contributed by atoms with E-state index in [1.54, 1.807) is 52.8 Å². The molecule has 5 heterocycles. The van der Waals surface area contributed by atoms with Crippen molar-refractivity contribution in [3.05, 3.63) is 154 Å². The largest absolute Gasteiger partial charge is 0.492 e. The van der Waals surface area contributed by atoms with Gasteiger partial charge in [-0.25, -0.2) is 22.6 Å². The molecule has 0 fully saturated rings. The maximum absolute atomic E-state index is 13.5. The molecule has 1 unspecified atom stereocenters.